The maximum absolute atomic E-state index is 10.1. The molecule has 0 fully saturated rings. The molecule has 108 valence electrons. The highest BCUT2D eigenvalue weighted by molar-refractivity contribution is 5.19. The predicted octanol–water partition coefficient (Wildman–Crippen LogP) is 3.77. The maximum Gasteiger partial charge on any atom is 0.0669 e. The fourth-order valence-corrected chi connectivity index (χ4v) is 2.44. The first-order chi connectivity index (χ1) is 8.79. The smallest absolute Gasteiger partial charge is 0.0669 e. The molecule has 2 nitrogen and oxygen atoms in total. The van der Waals surface area contributed by atoms with Crippen molar-refractivity contribution in [3.63, 3.8) is 0 Å². The lowest BCUT2D eigenvalue weighted by Gasteiger charge is -2.27. The van der Waals surface area contributed by atoms with Gasteiger partial charge in [0.25, 0.3) is 0 Å². The third-order valence-electron chi connectivity index (χ3n) is 3.25. The predicted molar refractivity (Wildman–Crippen MR) is 82.1 cm³/mol. The molecule has 0 heterocycles. The summed E-state index contributed by atoms with van der Waals surface area (Å²) in [6.07, 6.45) is 0.532. The van der Waals surface area contributed by atoms with Gasteiger partial charge >= 0.3 is 0 Å². The van der Waals surface area contributed by atoms with Crippen LogP contribution in [0.5, 0.6) is 0 Å². The van der Waals surface area contributed by atoms with E-state index in [1.165, 1.54) is 5.56 Å². The van der Waals surface area contributed by atoms with Crippen molar-refractivity contribution < 1.29 is 5.11 Å². The van der Waals surface area contributed by atoms with Gasteiger partial charge in [-0.3, -0.25) is 0 Å². The zero-order chi connectivity index (χ0) is 14.5. The third kappa shape index (κ3) is 6.22. The number of hydrogen-bond acceptors (Lipinski definition) is 2. The van der Waals surface area contributed by atoms with Gasteiger partial charge in [0.05, 0.1) is 6.10 Å². The van der Waals surface area contributed by atoms with Crippen molar-refractivity contribution in [2.24, 2.45) is 11.3 Å². The van der Waals surface area contributed by atoms with Gasteiger partial charge in [0, 0.05) is 12.6 Å². The third-order valence-corrected chi connectivity index (χ3v) is 3.25. The van der Waals surface area contributed by atoms with Crippen molar-refractivity contribution in [3.05, 3.63) is 35.9 Å². The summed E-state index contributed by atoms with van der Waals surface area (Å²) in [5.74, 6) is 0.504. The van der Waals surface area contributed by atoms with Crippen LogP contribution in [0.2, 0.25) is 0 Å². The van der Waals surface area contributed by atoms with Crippen molar-refractivity contribution in [2.75, 3.05) is 6.54 Å². The van der Waals surface area contributed by atoms with Crippen LogP contribution in [-0.2, 0) is 0 Å². The number of aliphatic hydroxyl groups is 1. The van der Waals surface area contributed by atoms with Crippen molar-refractivity contribution in [1.29, 1.82) is 0 Å². The minimum atomic E-state index is -0.287. The molecule has 1 aromatic rings. The molecule has 0 amide bonds. The number of aliphatic hydroxyl groups excluding tert-OH is 1. The van der Waals surface area contributed by atoms with Gasteiger partial charge in [-0.05, 0) is 23.3 Å². The topological polar surface area (TPSA) is 32.3 Å². The molecule has 2 atom stereocenters. The summed E-state index contributed by atoms with van der Waals surface area (Å²) in [7, 11) is 0. The van der Waals surface area contributed by atoms with Crippen LogP contribution in [0.3, 0.4) is 0 Å². The van der Waals surface area contributed by atoms with Gasteiger partial charge in [-0.25, -0.2) is 0 Å². The Kier molecular flexibility index (Phi) is 6.02. The van der Waals surface area contributed by atoms with Crippen LogP contribution in [0.15, 0.2) is 30.3 Å². The van der Waals surface area contributed by atoms with Gasteiger partial charge < -0.3 is 10.4 Å². The number of nitrogens with one attached hydrogen (secondary N) is 1. The summed E-state index contributed by atoms with van der Waals surface area (Å²) in [5.41, 5.74) is 1.46. The van der Waals surface area contributed by atoms with Gasteiger partial charge in [0.15, 0.2) is 0 Å². The summed E-state index contributed by atoms with van der Waals surface area (Å²) in [4.78, 5) is 0. The maximum atomic E-state index is 10.1. The SMILES string of the molecule is CC(C)C(NCC(O)CC(C)(C)C)c1ccccc1. The zero-order valence-corrected chi connectivity index (χ0v) is 13.0. The molecular weight excluding hydrogens is 234 g/mol. The van der Waals surface area contributed by atoms with E-state index in [2.05, 4.69) is 64.2 Å². The molecule has 0 aliphatic heterocycles. The Morgan fingerprint density at radius 2 is 1.68 bits per heavy atom. The minimum absolute atomic E-state index is 0.168. The molecule has 0 saturated heterocycles. The van der Waals surface area contributed by atoms with Crippen LogP contribution < -0.4 is 5.32 Å². The van der Waals surface area contributed by atoms with E-state index in [9.17, 15) is 5.11 Å². The first-order valence-electron chi connectivity index (χ1n) is 7.26. The quantitative estimate of drug-likeness (QED) is 0.819. The van der Waals surface area contributed by atoms with E-state index in [4.69, 9.17) is 0 Å². The van der Waals surface area contributed by atoms with E-state index in [0.29, 0.717) is 18.5 Å². The van der Waals surface area contributed by atoms with Crippen molar-refractivity contribution >= 4 is 0 Å². The average molecular weight is 263 g/mol. The van der Waals surface area contributed by atoms with Crippen LogP contribution in [0.4, 0.5) is 0 Å². The normalized spacial score (nSPS) is 15.5. The Morgan fingerprint density at radius 1 is 1.11 bits per heavy atom. The van der Waals surface area contributed by atoms with Crippen LogP contribution in [0.1, 0.15) is 52.6 Å². The summed E-state index contributed by atoms with van der Waals surface area (Å²) in [6.45, 7) is 11.5. The molecule has 0 aromatic heterocycles. The Bertz CT molecular complexity index is 353. The molecule has 0 spiro atoms. The molecule has 0 radical (unpaired) electrons. The van der Waals surface area contributed by atoms with Crippen LogP contribution >= 0.6 is 0 Å². The van der Waals surface area contributed by atoms with Crippen LogP contribution in [-0.4, -0.2) is 17.8 Å². The van der Waals surface area contributed by atoms with E-state index in [1.54, 1.807) is 0 Å². The highest BCUT2D eigenvalue weighted by Crippen LogP contribution is 2.23. The minimum Gasteiger partial charge on any atom is -0.392 e. The first kappa shape index (κ1) is 16.2. The standard InChI is InChI=1S/C17H29NO/c1-13(2)16(14-9-7-6-8-10-14)18-12-15(19)11-17(3,4)5/h6-10,13,15-16,18-19H,11-12H2,1-5H3. The van der Waals surface area contributed by atoms with Crippen LogP contribution in [0, 0.1) is 11.3 Å². The fourth-order valence-electron chi connectivity index (χ4n) is 2.44. The van der Waals surface area contributed by atoms with Gasteiger partial charge in [-0.15, -0.1) is 0 Å². The molecule has 1 rings (SSSR count). The van der Waals surface area contributed by atoms with Gasteiger partial charge in [0.1, 0.15) is 0 Å². The van der Waals surface area contributed by atoms with E-state index in [1.807, 2.05) is 6.07 Å². The summed E-state index contributed by atoms with van der Waals surface area (Å²) in [6, 6.07) is 10.8. The Hall–Kier alpha value is -0.860. The number of hydrogen-bond donors (Lipinski definition) is 2. The van der Waals surface area contributed by atoms with E-state index in [0.717, 1.165) is 6.42 Å². The molecule has 2 unspecified atom stereocenters. The lowest BCUT2D eigenvalue weighted by atomic mass is 9.89. The van der Waals surface area contributed by atoms with Crippen molar-refractivity contribution in [2.45, 2.75) is 53.2 Å². The number of benzene rings is 1. The van der Waals surface area contributed by atoms with Crippen LogP contribution in [0.25, 0.3) is 0 Å². The summed E-state index contributed by atoms with van der Waals surface area (Å²) < 4.78 is 0. The molecule has 2 heteroatoms. The van der Waals surface area contributed by atoms with Crippen molar-refractivity contribution in [3.8, 4) is 0 Å². The summed E-state index contributed by atoms with van der Waals surface area (Å²) >= 11 is 0. The Morgan fingerprint density at radius 3 is 2.16 bits per heavy atom. The monoisotopic (exact) mass is 263 g/mol. The number of rotatable bonds is 6. The van der Waals surface area contributed by atoms with E-state index >= 15 is 0 Å². The molecule has 0 bridgehead atoms. The highest BCUT2D eigenvalue weighted by atomic mass is 16.3. The second-order valence-corrected chi connectivity index (χ2v) is 6.96. The van der Waals surface area contributed by atoms with Gasteiger partial charge in [-0.1, -0.05) is 65.0 Å². The first-order valence-corrected chi connectivity index (χ1v) is 7.26. The molecule has 1 aromatic carbocycles. The van der Waals surface area contributed by atoms with Gasteiger partial charge in [-0.2, -0.15) is 0 Å². The molecule has 0 aliphatic carbocycles. The molecule has 0 saturated carbocycles. The fraction of sp³-hybridized carbons (Fsp3) is 0.647. The van der Waals surface area contributed by atoms with E-state index < -0.39 is 0 Å². The molecular formula is C17H29NO. The van der Waals surface area contributed by atoms with E-state index in [-0.39, 0.29) is 11.5 Å². The van der Waals surface area contributed by atoms with Gasteiger partial charge in [0.2, 0.25) is 0 Å². The Labute approximate surface area is 118 Å². The molecule has 19 heavy (non-hydrogen) atoms. The largest absolute Gasteiger partial charge is 0.392 e. The second kappa shape index (κ2) is 7.06. The lowest BCUT2D eigenvalue weighted by Crippen LogP contribution is -2.34. The zero-order valence-electron chi connectivity index (χ0n) is 13.0. The highest BCUT2D eigenvalue weighted by Gasteiger charge is 2.20. The molecule has 2 N–H and O–H groups in total. The average Bonchev–Trinajstić information content (AvgIpc) is 2.27. The second-order valence-electron chi connectivity index (χ2n) is 6.96. The van der Waals surface area contributed by atoms with Crippen molar-refractivity contribution in [1.82, 2.24) is 5.32 Å². The lowest BCUT2D eigenvalue weighted by molar-refractivity contribution is 0.114. The Balaban J connectivity index is 2.57. The molecule has 0 aliphatic rings. The summed E-state index contributed by atoms with van der Waals surface area (Å²) in [5, 5.41) is 13.6.